The number of para-hydroxylation sites is 1. The number of hydrazone groups is 1. The lowest BCUT2D eigenvalue weighted by molar-refractivity contribution is 0.0733. The fraction of sp³-hybridized carbons (Fsp3) is 0.0769. The van der Waals surface area contributed by atoms with E-state index in [2.05, 4.69) is 15.7 Å². The second-order valence-corrected chi connectivity index (χ2v) is 7.52. The van der Waals surface area contributed by atoms with Gasteiger partial charge in [-0.15, -0.1) is 0 Å². The molecule has 0 atom stereocenters. The molecule has 0 saturated heterocycles. The second-order valence-electron chi connectivity index (χ2n) is 7.52. The number of hydrogen-bond donors (Lipinski definition) is 1. The largest absolute Gasteiger partial charge is 0.454 e. The van der Waals surface area contributed by atoms with E-state index in [4.69, 9.17) is 18.7 Å². The molecule has 0 fully saturated rings. The Hall–Kier alpha value is -4.92. The number of benzene rings is 3. The van der Waals surface area contributed by atoms with Crippen LogP contribution in [0.25, 0.3) is 11.3 Å². The molecule has 9 nitrogen and oxygen atoms in total. The van der Waals surface area contributed by atoms with Crippen LogP contribution in [0.4, 0.5) is 0 Å². The van der Waals surface area contributed by atoms with Gasteiger partial charge in [0.05, 0.1) is 11.8 Å². The average molecular weight is 469 g/mol. The highest BCUT2D eigenvalue weighted by molar-refractivity contribution is 6.01. The van der Waals surface area contributed by atoms with Gasteiger partial charge in [0.2, 0.25) is 6.79 Å². The molecule has 3 aromatic carbocycles. The van der Waals surface area contributed by atoms with E-state index in [-0.39, 0.29) is 18.1 Å². The van der Waals surface area contributed by atoms with Crippen LogP contribution in [0.15, 0.2) is 82.4 Å². The minimum absolute atomic E-state index is 0.111. The number of carbonyl (C=O) groups excluding carboxylic acids is 2. The maximum Gasteiger partial charge on any atom is 0.343 e. The summed E-state index contributed by atoms with van der Waals surface area (Å²) in [6, 6.07) is 20.9. The number of hydrogen-bond acceptors (Lipinski definition) is 8. The van der Waals surface area contributed by atoms with E-state index in [9.17, 15) is 9.59 Å². The van der Waals surface area contributed by atoms with Gasteiger partial charge >= 0.3 is 5.97 Å². The Kier molecular flexibility index (Phi) is 5.96. The minimum atomic E-state index is -0.569. The molecule has 9 heteroatoms. The number of rotatable bonds is 6. The quantitative estimate of drug-likeness (QED) is 0.193. The van der Waals surface area contributed by atoms with Crippen LogP contribution in [-0.2, 0) is 0 Å². The third-order valence-electron chi connectivity index (χ3n) is 5.24. The van der Waals surface area contributed by atoms with E-state index in [0.717, 1.165) is 5.56 Å². The Bertz CT molecular complexity index is 1430. The molecule has 35 heavy (non-hydrogen) atoms. The first kappa shape index (κ1) is 21.9. The zero-order valence-electron chi connectivity index (χ0n) is 18.6. The fourth-order valence-electron chi connectivity index (χ4n) is 3.51. The second kappa shape index (κ2) is 9.52. The van der Waals surface area contributed by atoms with Crippen molar-refractivity contribution in [3.05, 3.63) is 95.2 Å². The van der Waals surface area contributed by atoms with Crippen LogP contribution < -0.4 is 19.6 Å². The predicted molar refractivity (Wildman–Crippen MR) is 126 cm³/mol. The lowest BCUT2D eigenvalue weighted by Gasteiger charge is -2.08. The van der Waals surface area contributed by atoms with Crippen LogP contribution in [0.5, 0.6) is 17.2 Å². The van der Waals surface area contributed by atoms with Crippen molar-refractivity contribution >= 4 is 18.1 Å². The first-order chi connectivity index (χ1) is 17.1. The van der Waals surface area contributed by atoms with E-state index in [1.165, 1.54) is 6.21 Å². The van der Waals surface area contributed by atoms with Gasteiger partial charge in [-0.05, 0) is 37.3 Å². The van der Waals surface area contributed by atoms with Crippen LogP contribution in [-0.4, -0.2) is 30.0 Å². The van der Waals surface area contributed by atoms with Gasteiger partial charge in [0.25, 0.3) is 5.91 Å². The Morgan fingerprint density at radius 2 is 1.77 bits per heavy atom. The van der Waals surface area contributed by atoms with Gasteiger partial charge in [0, 0.05) is 11.1 Å². The molecular weight excluding hydrogens is 450 g/mol. The summed E-state index contributed by atoms with van der Waals surface area (Å²) in [6.07, 6.45) is 1.39. The highest BCUT2D eigenvalue weighted by atomic mass is 16.7. The molecular formula is C26H19N3O6. The normalized spacial score (nSPS) is 12.0. The molecule has 4 aromatic rings. The van der Waals surface area contributed by atoms with E-state index >= 15 is 0 Å². The van der Waals surface area contributed by atoms with Crippen molar-refractivity contribution < 1.29 is 28.3 Å². The standard InChI is InChI=1S/C26H19N3O6/c1-16-23(24(29-35-16)17-7-3-2-4-8-17)25(30)28-27-14-19-9-5-6-10-20(19)34-26(31)18-11-12-21-22(13-18)33-15-32-21/h2-14H,15H2,1H3,(H,28,30)/b27-14-. The number of nitrogens with zero attached hydrogens (tertiary/aromatic N) is 2. The maximum atomic E-state index is 12.8. The molecule has 2 heterocycles. The molecule has 0 radical (unpaired) electrons. The first-order valence-electron chi connectivity index (χ1n) is 10.7. The van der Waals surface area contributed by atoms with Crippen molar-refractivity contribution in [3.8, 4) is 28.5 Å². The Labute approximate surface area is 199 Å². The van der Waals surface area contributed by atoms with E-state index < -0.39 is 11.9 Å². The molecule has 174 valence electrons. The molecule has 1 aliphatic heterocycles. The third kappa shape index (κ3) is 4.60. The number of aromatic nitrogens is 1. The SMILES string of the molecule is Cc1onc(-c2ccccc2)c1C(=O)N/N=C\c1ccccc1OC(=O)c1ccc2c(c1)OCO2. The van der Waals surface area contributed by atoms with E-state index in [1.54, 1.807) is 49.4 Å². The highest BCUT2D eigenvalue weighted by Gasteiger charge is 2.21. The monoisotopic (exact) mass is 469 g/mol. The van der Waals surface area contributed by atoms with Crippen molar-refractivity contribution in [2.45, 2.75) is 6.92 Å². The van der Waals surface area contributed by atoms with Crippen molar-refractivity contribution in [2.24, 2.45) is 5.10 Å². The van der Waals surface area contributed by atoms with Crippen LogP contribution >= 0.6 is 0 Å². The van der Waals surface area contributed by atoms with Crippen molar-refractivity contribution in [1.29, 1.82) is 0 Å². The number of ether oxygens (including phenoxy) is 3. The minimum Gasteiger partial charge on any atom is -0.454 e. The number of carbonyl (C=O) groups is 2. The van der Waals surface area contributed by atoms with Crippen LogP contribution in [0.2, 0.25) is 0 Å². The van der Waals surface area contributed by atoms with Crippen LogP contribution in [0.3, 0.4) is 0 Å². The molecule has 0 unspecified atom stereocenters. The number of esters is 1. The summed E-state index contributed by atoms with van der Waals surface area (Å²) in [7, 11) is 0. The molecule has 0 aliphatic carbocycles. The lowest BCUT2D eigenvalue weighted by Crippen LogP contribution is -2.19. The third-order valence-corrected chi connectivity index (χ3v) is 5.24. The molecule has 1 aromatic heterocycles. The summed E-state index contributed by atoms with van der Waals surface area (Å²) in [5.74, 6) is 0.655. The first-order valence-corrected chi connectivity index (χ1v) is 10.7. The lowest BCUT2D eigenvalue weighted by atomic mass is 10.1. The summed E-state index contributed by atoms with van der Waals surface area (Å²) in [6.45, 7) is 1.77. The number of nitrogens with one attached hydrogen (secondary N) is 1. The molecule has 5 rings (SSSR count). The molecule has 1 N–H and O–H groups in total. The Morgan fingerprint density at radius 3 is 2.63 bits per heavy atom. The zero-order valence-corrected chi connectivity index (χ0v) is 18.6. The van der Waals surface area contributed by atoms with Gasteiger partial charge in [0.15, 0.2) is 11.5 Å². The molecule has 0 bridgehead atoms. The van der Waals surface area contributed by atoms with E-state index in [1.807, 2.05) is 30.3 Å². The van der Waals surface area contributed by atoms with Crippen LogP contribution in [0.1, 0.15) is 32.0 Å². The number of fused-ring (bicyclic) bond motifs is 1. The summed E-state index contributed by atoms with van der Waals surface area (Å²) >= 11 is 0. The van der Waals surface area contributed by atoms with Crippen molar-refractivity contribution in [1.82, 2.24) is 10.6 Å². The average Bonchev–Trinajstić information content (AvgIpc) is 3.51. The number of aryl methyl sites for hydroxylation is 1. The van der Waals surface area contributed by atoms with Gasteiger partial charge in [-0.25, -0.2) is 10.2 Å². The van der Waals surface area contributed by atoms with Gasteiger partial charge in [-0.2, -0.15) is 5.10 Å². The van der Waals surface area contributed by atoms with Gasteiger partial charge in [-0.1, -0.05) is 47.6 Å². The van der Waals surface area contributed by atoms with Gasteiger partial charge in [-0.3, -0.25) is 4.79 Å². The Morgan fingerprint density at radius 1 is 1.00 bits per heavy atom. The smallest absolute Gasteiger partial charge is 0.343 e. The molecule has 1 amide bonds. The van der Waals surface area contributed by atoms with Gasteiger partial charge in [0.1, 0.15) is 22.8 Å². The van der Waals surface area contributed by atoms with Crippen molar-refractivity contribution in [2.75, 3.05) is 6.79 Å². The molecule has 1 aliphatic rings. The fourth-order valence-corrected chi connectivity index (χ4v) is 3.51. The maximum absolute atomic E-state index is 12.8. The topological polar surface area (TPSA) is 112 Å². The number of amides is 1. The summed E-state index contributed by atoms with van der Waals surface area (Å²) in [5, 5.41) is 8.05. The molecule has 0 spiro atoms. The molecule has 0 saturated carbocycles. The van der Waals surface area contributed by atoms with Crippen LogP contribution in [0, 0.1) is 6.92 Å². The summed E-state index contributed by atoms with van der Waals surface area (Å²) < 4.78 is 21.4. The highest BCUT2D eigenvalue weighted by Crippen LogP contribution is 2.33. The van der Waals surface area contributed by atoms with Gasteiger partial charge < -0.3 is 18.7 Å². The van der Waals surface area contributed by atoms with Crippen molar-refractivity contribution in [3.63, 3.8) is 0 Å². The summed E-state index contributed by atoms with van der Waals surface area (Å²) in [5.41, 5.74) is 4.75. The zero-order chi connectivity index (χ0) is 24.2. The predicted octanol–water partition coefficient (Wildman–Crippen LogP) is 4.36. The Balaban J connectivity index is 1.30. The van der Waals surface area contributed by atoms with E-state index in [0.29, 0.717) is 34.1 Å². The summed E-state index contributed by atoms with van der Waals surface area (Å²) in [4.78, 5) is 25.5.